The quantitative estimate of drug-likeness (QED) is 0.828. The van der Waals surface area contributed by atoms with E-state index in [0.717, 1.165) is 11.1 Å². The molecule has 7 heteroatoms. The predicted molar refractivity (Wildman–Crippen MR) is 107 cm³/mol. The zero-order valence-corrected chi connectivity index (χ0v) is 16.7. The molecule has 2 aromatic rings. The average molecular weight is 407 g/mol. The van der Waals surface area contributed by atoms with Crippen LogP contribution in [0.15, 0.2) is 54.6 Å². The van der Waals surface area contributed by atoms with Crippen molar-refractivity contribution in [3.63, 3.8) is 0 Å². The Labute approximate surface area is 165 Å². The zero-order valence-electron chi connectivity index (χ0n) is 15.1. The summed E-state index contributed by atoms with van der Waals surface area (Å²) in [6, 6.07) is 16.1. The Morgan fingerprint density at radius 1 is 1.00 bits per heavy atom. The summed E-state index contributed by atoms with van der Waals surface area (Å²) >= 11 is 5.93. The van der Waals surface area contributed by atoms with Gasteiger partial charge in [-0.15, -0.1) is 0 Å². The summed E-state index contributed by atoms with van der Waals surface area (Å²) in [4.78, 5) is 15.1. The van der Waals surface area contributed by atoms with Gasteiger partial charge in [0, 0.05) is 18.1 Å². The molecule has 2 unspecified atom stereocenters. The molecule has 1 heterocycles. The van der Waals surface area contributed by atoms with Gasteiger partial charge in [-0.1, -0.05) is 54.1 Å². The molecule has 27 heavy (non-hydrogen) atoms. The van der Waals surface area contributed by atoms with Crippen LogP contribution >= 0.6 is 11.6 Å². The Balaban J connectivity index is 1.80. The third-order valence-corrected chi connectivity index (χ3v) is 6.70. The molecule has 1 fully saturated rings. The highest BCUT2D eigenvalue weighted by atomic mass is 35.5. The van der Waals surface area contributed by atoms with Gasteiger partial charge in [0.2, 0.25) is 5.91 Å². The van der Waals surface area contributed by atoms with Crippen LogP contribution in [0.5, 0.6) is 0 Å². The number of nitrogens with one attached hydrogen (secondary N) is 1. The van der Waals surface area contributed by atoms with Crippen LogP contribution in [0, 0.1) is 0 Å². The van der Waals surface area contributed by atoms with Crippen LogP contribution in [0.4, 0.5) is 0 Å². The Morgan fingerprint density at radius 2 is 1.59 bits per heavy atom. The normalized spacial score (nSPS) is 19.2. The van der Waals surface area contributed by atoms with Crippen molar-refractivity contribution in [1.29, 1.82) is 0 Å². The van der Waals surface area contributed by atoms with Gasteiger partial charge < -0.3 is 5.32 Å². The van der Waals surface area contributed by atoms with Crippen LogP contribution in [-0.4, -0.2) is 43.8 Å². The van der Waals surface area contributed by atoms with Gasteiger partial charge >= 0.3 is 0 Å². The van der Waals surface area contributed by atoms with Crippen LogP contribution in [0.3, 0.4) is 0 Å². The summed E-state index contributed by atoms with van der Waals surface area (Å²) in [5, 5.41) is 3.71. The first-order valence-electron chi connectivity index (χ1n) is 8.91. The number of rotatable bonds is 5. The lowest BCUT2D eigenvalue weighted by Gasteiger charge is -2.34. The number of hydrogen-bond acceptors (Lipinski definition) is 4. The van der Waals surface area contributed by atoms with Gasteiger partial charge in [0.05, 0.1) is 17.5 Å². The number of sulfone groups is 1. The molecule has 1 N–H and O–H groups in total. The van der Waals surface area contributed by atoms with Gasteiger partial charge in [0.1, 0.15) is 6.04 Å². The minimum Gasteiger partial charge on any atom is -0.348 e. The summed E-state index contributed by atoms with van der Waals surface area (Å²) in [6.07, 6.45) is 0. The smallest absolute Gasteiger partial charge is 0.242 e. The van der Waals surface area contributed by atoms with Gasteiger partial charge in [-0.2, -0.15) is 0 Å². The van der Waals surface area contributed by atoms with Crippen LogP contribution in [0.1, 0.15) is 30.1 Å². The third-order valence-electron chi connectivity index (χ3n) is 4.84. The van der Waals surface area contributed by atoms with E-state index in [9.17, 15) is 13.2 Å². The fourth-order valence-corrected chi connectivity index (χ4v) is 4.63. The first-order valence-corrected chi connectivity index (χ1v) is 11.1. The van der Waals surface area contributed by atoms with E-state index < -0.39 is 15.9 Å². The molecular weight excluding hydrogens is 384 g/mol. The number of hydrogen-bond donors (Lipinski definition) is 1. The van der Waals surface area contributed by atoms with E-state index in [1.807, 2.05) is 54.3 Å². The average Bonchev–Trinajstić information content (AvgIpc) is 2.64. The summed E-state index contributed by atoms with van der Waals surface area (Å²) < 4.78 is 23.6. The van der Waals surface area contributed by atoms with Crippen molar-refractivity contribution >= 4 is 27.3 Å². The highest BCUT2D eigenvalue weighted by Gasteiger charge is 2.33. The van der Waals surface area contributed by atoms with Crippen molar-refractivity contribution in [2.45, 2.75) is 19.0 Å². The molecule has 0 saturated carbocycles. The third kappa shape index (κ3) is 5.09. The standard InChI is InChI=1S/C20H23ClN2O3S/c1-15(16-7-9-18(21)10-8-16)22-20(24)19(17-5-3-2-4-6-17)23-11-13-27(25,26)14-12-23/h2-10,15,19H,11-14H2,1H3,(H,22,24). The molecule has 144 valence electrons. The first-order chi connectivity index (χ1) is 12.9. The number of amides is 1. The van der Waals surface area contributed by atoms with Crippen LogP contribution in [0.2, 0.25) is 5.02 Å². The lowest BCUT2D eigenvalue weighted by atomic mass is 10.0. The summed E-state index contributed by atoms with van der Waals surface area (Å²) in [5.41, 5.74) is 1.82. The van der Waals surface area contributed by atoms with Crippen LogP contribution in [0.25, 0.3) is 0 Å². The lowest BCUT2D eigenvalue weighted by Crippen LogP contribution is -2.47. The number of nitrogens with zero attached hydrogens (tertiary/aromatic N) is 1. The van der Waals surface area contributed by atoms with E-state index >= 15 is 0 Å². The molecule has 0 radical (unpaired) electrons. The Hall–Kier alpha value is -1.89. The van der Waals surface area contributed by atoms with E-state index in [0.29, 0.717) is 18.1 Å². The number of carbonyl (C=O) groups excluding carboxylic acids is 1. The summed E-state index contributed by atoms with van der Waals surface area (Å²) in [6.45, 7) is 2.62. The Bertz CT molecular complexity index is 871. The van der Waals surface area contributed by atoms with Crippen molar-refractivity contribution in [2.24, 2.45) is 0 Å². The molecule has 1 aliphatic rings. The van der Waals surface area contributed by atoms with E-state index in [-0.39, 0.29) is 23.5 Å². The SMILES string of the molecule is CC(NC(=O)C(c1ccccc1)N1CCS(=O)(=O)CC1)c1ccc(Cl)cc1. The second-order valence-corrected chi connectivity index (χ2v) is 9.52. The minimum absolute atomic E-state index is 0.0797. The molecule has 2 aromatic carbocycles. The minimum atomic E-state index is -3.01. The van der Waals surface area contributed by atoms with Crippen molar-refractivity contribution in [1.82, 2.24) is 10.2 Å². The maximum absolute atomic E-state index is 13.1. The van der Waals surface area contributed by atoms with Gasteiger partial charge in [-0.3, -0.25) is 9.69 Å². The molecule has 0 aromatic heterocycles. The molecule has 0 aliphatic carbocycles. The topological polar surface area (TPSA) is 66.5 Å². The van der Waals surface area contributed by atoms with Gasteiger partial charge in [-0.05, 0) is 30.2 Å². The first kappa shape index (κ1) is 19.9. The Kier molecular flexibility index (Phi) is 6.19. The molecule has 2 atom stereocenters. The number of benzene rings is 2. The summed E-state index contributed by atoms with van der Waals surface area (Å²) in [7, 11) is -3.01. The monoisotopic (exact) mass is 406 g/mol. The van der Waals surface area contributed by atoms with Crippen molar-refractivity contribution in [3.05, 3.63) is 70.7 Å². The maximum Gasteiger partial charge on any atom is 0.242 e. The molecule has 3 rings (SSSR count). The second-order valence-electron chi connectivity index (χ2n) is 6.78. The fourth-order valence-electron chi connectivity index (χ4n) is 3.28. The molecule has 1 aliphatic heterocycles. The van der Waals surface area contributed by atoms with E-state index in [1.54, 1.807) is 12.1 Å². The molecule has 1 amide bonds. The molecular formula is C20H23ClN2O3S. The second kappa shape index (κ2) is 8.42. The highest BCUT2D eigenvalue weighted by Crippen LogP contribution is 2.25. The zero-order chi connectivity index (χ0) is 19.4. The van der Waals surface area contributed by atoms with Crippen LogP contribution < -0.4 is 5.32 Å². The molecule has 0 bridgehead atoms. The van der Waals surface area contributed by atoms with Crippen LogP contribution in [-0.2, 0) is 14.6 Å². The van der Waals surface area contributed by atoms with E-state index in [4.69, 9.17) is 11.6 Å². The predicted octanol–water partition coefficient (Wildman–Crippen LogP) is 2.99. The lowest BCUT2D eigenvalue weighted by molar-refractivity contribution is -0.127. The van der Waals surface area contributed by atoms with Crippen molar-refractivity contribution in [2.75, 3.05) is 24.6 Å². The van der Waals surface area contributed by atoms with Gasteiger partial charge in [0.25, 0.3) is 0 Å². The fraction of sp³-hybridized carbons (Fsp3) is 0.350. The number of carbonyl (C=O) groups is 1. The van der Waals surface area contributed by atoms with Crippen molar-refractivity contribution < 1.29 is 13.2 Å². The Morgan fingerprint density at radius 3 is 2.19 bits per heavy atom. The van der Waals surface area contributed by atoms with Crippen molar-refractivity contribution in [3.8, 4) is 0 Å². The van der Waals surface area contributed by atoms with E-state index in [2.05, 4.69) is 5.32 Å². The molecule has 5 nitrogen and oxygen atoms in total. The molecule has 0 spiro atoms. The number of halogens is 1. The maximum atomic E-state index is 13.1. The van der Waals surface area contributed by atoms with Gasteiger partial charge in [0.15, 0.2) is 9.84 Å². The largest absolute Gasteiger partial charge is 0.348 e. The summed E-state index contributed by atoms with van der Waals surface area (Å²) in [5.74, 6) is 0.0233. The highest BCUT2D eigenvalue weighted by molar-refractivity contribution is 7.91. The molecule has 1 saturated heterocycles. The van der Waals surface area contributed by atoms with E-state index in [1.165, 1.54) is 0 Å². The van der Waals surface area contributed by atoms with Gasteiger partial charge in [-0.25, -0.2) is 8.42 Å².